The summed E-state index contributed by atoms with van der Waals surface area (Å²) in [4.78, 5) is 36.0. The third-order valence-electron chi connectivity index (χ3n) is 3.96. The Morgan fingerprint density at radius 3 is 2.54 bits per heavy atom. The van der Waals surface area contributed by atoms with Gasteiger partial charge in [-0.1, -0.05) is 17.7 Å². The van der Waals surface area contributed by atoms with Crippen molar-refractivity contribution in [1.82, 2.24) is 19.5 Å². The lowest BCUT2D eigenvalue weighted by Crippen LogP contribution is -2.13. The molecule has 0 aliphatic heterocycles. The van der Waals surface area contributed by atoms with E-state index in [1.165, 1.54) is 17.6 Å². The Balaban J connectivity index is 1.70. The van der Waals surface area contributed by atoms with E-state index >= 15 is 0 Å². The summed E-state index contributed by atoms with van der Waals surface area (Å²) in [6.45, 7) is 3.23. The van der Waals surface area contributed by atoms with Crippen LogP contribution in [0, 0.1) is 6.92 Å². The molecule has 9 nitrogen and oxygen atoms in total. The van der Waals surface area contributed by atoms with Crippen molar-refractivity contribution in [1.29, 1.82) is 0 Å². The second kappa shape index (κ2) is 7.87. The molecule has 0 unspecified atom stereocenters. The number of aromatic nitrogens is 4. The molecule has 0 saturated heterocycles. The first-order chi connectivity index (χ1) is 13.3. The number of anilines is 3. The van der Waals surface area contributed by atoms with E-state index in [0.29, 0.717) is 5.56 Å². The Labute approximate surface area is 161 Å². The molecule has 0 aliphatic rings. The number of nitrogens with one attached hydrogen (secondary N) is 1. The first-order valence-corrected chi connectivity index (χ1v) is 8.50. The van der Waals surface area contributed by atoms with Crippen LogP contribution in [0.3, 0.4) is 0 Å². The van der Waals surface area contributed by atoms with E-state index in [1.54, 1.807) is 13.2 Å². The number of benzene rings is 1. The van der Waals surface area contributed by atoms with Crippen LogP contribution in [0.5, 0.6) is 0 Å². The van der Waals surface area contributed by atoms with Crippen molar-refractivity contribution in [3.05, 3.63) is 59.2 Å². The third kappa shape index (κ3) is 4.50. The average molecular weight is 380 g/mol. The van der Waals surface area contributed by atoms with Gasteiger partial charge in [0.15, 0.2) is 18.2 Å². The highest BCUT2D eigenvalue weighted by atomic mass is 16.5. The molecule has 1 aromatic carbocycles. The van der Waals surface area contributed by atoms with Crippen molar-refractivity contribution in [2.45, 2.75) is 20.5 Å². The molecule has 0 bridgehead atoms. The molecule has 0 fully saturated rings. The zero-order valence-electron chi connectivity index (χ0n) is 15.8. The lowest BCUT2D eigenvalue weighted by Gasteiger charge is -2.08. The summed E-state index contributed by atoms with van der Waals surface area (Å²) >= 11 is 0. The number of ether oxygens (including phenoxy) is 1. The smallest absolute Gasteiger partial charge is 0.355 e. The molecule has 144 valence electrons. The number of nitrogen functional groups attached to an aromatic ring is 1. The Kier molecular flexibility index (Phi) is 5.35. The molecule has 9 heteroatoms. The normalized spacial score (nSPS) is 10.5. The molecule has 3 N–H and O–H groups in total. The van der Waals surface area contributed by atoms with Crippen molar-refractivity contribution < 1.29 is 14.3 Å². The van der Waals surface area contributed by atoms with Gasteiger partial charge in [-0.05, 0) is 32.0 Å². The van der Waals surface area contributed by atoms with Crippen LogP contribution >= 0.6 is 0 Å². The molecule has 28 heavy (non-hydrogen) atoms. The van der Waals surface area contributed by atoms with Gasteiger partial charge in [0.05, 0.1) is 0 Å². The first-order valence-electron chi connectivity index (χ1n) is 8.50. The number of esters is 1. The van der Waals surface area contributed by atoms with Crippen LogP contribution in [0.25, 0.3) is 0 Å². The van der Waals surface area contributed by atoms with Crippen LogP contribution in [-0.2, 0) is 18.4 Å². The number of carbonyl (C=O) groups excluding carboxylic acids is 2. The summed E-state index contributed by atoms with van der Waals surface area (Å²) in [5, 5.41) is 3.03. The number of hydrogen-bond donors (Lipinski definition) is 2. The molecule has 0 amide bonds. The minimum absolute atomic E-state index is 0.00777. The van der Waals surface area contributed by atoms with Crippen LogP contribution in [0.2, 0.25) is 0 Å². The maximum absolute atomic E-state index is 12.3. The van der Waals surface area contributed by atoms with Crippen LogP contribution in [0.15, 0.2) is 36.5 Å². The fourth-order valence-electron chi connectivity index (χ4n) is 2.49. The maximum Gasteiger partial charge on any atom is 0.355 e. The summed E-state index contributed by atoms with van der Waals surface area (Å²) in [6, 6.07) is 9.15. The zero-order chi connectivity index (χ0) is 20.3. The molecule has 0 spiro atoms. The van der Waals surface area contributed by atoms with Gasteiger partial charge in [-0.3, -0.25) is 4.79 Å². The summed E-state index contributed by atoms with van der Waals surface area (Å²) < 4.78 is 6.79. The average Bonchev–Trinajstić information content (AvgIpc) is 3.03. The van der Waals surface area contributed by atoms with Gasteiger partial charge in [-0.2, -0.15) is 15.0 Å². The van der Waals surface area contributed by atoms with Crippen molar-refractivity contribution in [3.63, 3.8) is 0 Å². The minimum Gasteiger partial charge on any atom is -0.453 e. The van der Waals surface area contributed by atoms with Gasteiger partial charge in [0, 0.05) is 24.5 Å². The van der Waals surface area contributed by atoms with Gasteiger partial charge < -0.3 is 20.4 Å². The quantitative estimate of drug-likeness (QED) is 0.493. The van der Waals surface area contributed by atoms with Gasteiger partial charge in [0.2, 0.25) is 11.9 Å². The highest BCUT2D eigenvalue weighted by Crippen LogP contribution is 2.15. The van der Waals surface area contributed by atoms with Gasteiger partial charge in [0.25, 0.3) is 0 Å². The van der Waals surface area contributed by atoms with E-state index in [0.717, 1.165) is 11.3 Å². The Morgan fingerprint density at radius 2 is 1.89 bits per heavy atom. The number of carbonyl (C=O) groups is 2. The van der Waals surface area contributed by atoms with Crippen molar-refractivity contribution in [2.75, 3.05) is 11.1 Å². The molecule has 3 aromatic rings. The van der Waals surface area contributed by atoms with E-state index in [1.807, 2.05) is 31.2 Å². The number of Topliss-reactive ketones (excluding diaryl/α,β-unsaturated/α-hetero) is 1. The second-order valence-electron chi connectivity index (χ2n) is 6.28. The topological polar surface area (TPSA) is 125 Å². The zero-order valence-corrected chi connectivity index (χ0v) is 15.8. The monoisotopic (exact) mass is 380 g/mol. The third-order valence-corrected chi connectivity index (χ3v) is 3.96. The molecule has 0 saturated carbocycles. The number of nitrogens with zero attached hydrogens (tertiary/aromatic N) is 4. The van der Waals surface area contributed by atoms with Crippen LogP contribution < -0.4 is 11.1 Å². The number of hydrogen-bond acceptors (Lipinski definition) is 8. The Morgan fingerprint density at radius 1 is 1.18 bits per heavy atom. The van der Waals surface area contributed by atoms with Gasteiger partial charge in [0.1, 0.15) is 5.69 Å². The summed E-state index contributed by atoms with van der Waals surface area (Å²) in [7, 11) is 1.66. The van der Waals surface area contributed by atoms with Crippen LogP contribution in [0.4, 0.5) is 17.6 Å². The van der Waals surface area contributed by atoms with E-state index in [4.69, 9.17) is 10.5 Å². The fourth-order valence-corrected chi connectivity index (χ4v) is 2.49. The standard InChI is InChI=1S/C19H20N6O3/c1-11-4-6-14(7-5-11)21-19-23-16(22-18(20)24-19)10-28-17(27)15-8-13(12(2)26)9-25(15)3/h4-9H,10H2,1-3H3,(H3,20,21,22,23,24). The molecule has 0 aliphatic carbocycles. The number of aryl methyl sites for hydroxylation is 2. The number of ketones is 1. The van der Waals surface area contributed by atoms with Gasteiger partial charge in [-0.25, -0.2) is 4.79 Å². The predicted octanol–water partition coefficient (Wildman–Crippen LogP) is 2.40. The van der Waals surface area contributed by atoms with E-state index in [2.05, 4.69) is 20.3 Å². The lowest BCUT2D eigenvalue weighted by atomic mass is 10.2. The summed E-state index contributed by atoms with van der Waals surface area (Å²) in [5.41, 5.74) is 8.34. The van der Waals surface area contributed by atoms with E-state index < -0.39 is 5.97 Å². The van der Waals surface area contributed by atoms with Crippen LogP contribution in [0.1, 0.15) is 39.2 Å². The highest BCUT2D eigenvalue weighted by Gasteiger charge is 2.16. The van der Waals surface area contributed by atoms with Gasteiger partial charge >= 0.3 is 5.97 Å². The van der Waals surface area contributed by atoms with E-state index in [-0.39, 0.29) is 35.8 Å². The van der Waals surface area contributed by atoms with Crippen molar-refractivity contribution in [2.24, 2.45) is 7.05 Å². The molecular weight excluding hydrogens is 360 g/mol. The Hall–Kier alpha value is -3.75. The number of rotatable bonds is 6. The number of nitrogens with two attached hydrogens (primary N) is 1. The summed E-state index contributed by atoms with van der Waals surface area (Å²) in [5.74, 6) is -0.265. The van der Waals surface area contributed by atoms with Crippen LogP contribution in [-0.4, -0.2) is 31.3 Å². The Bertz CT molecular complexity index is 1030. The molecule has 2 aromatic heterocycles. The SMILES string of the molecule is CC(=O)c1cc(C(=O)OCc2nc(N)nc(Nc3ccc(C)cc3)n2)n(C)c1. The predicted molar refractivity (Wildman–Crippen MR) is 103 cm³/mol. The first kappa shape index (κ1) is 19.0. The highest BCUT2D eigenvalue weighted by molar-refractivity contribution is 5.97. The molecule has 0 atom stereocenters. The van der Waals surface area contributed by atoms with E-state index in [9.17, 15) is 9.59 Å². The largest absolute Gasteiger partial charge is 0.453 e. The molecule has 0 radical (unpaired) electrons. The van der Waals surface area contributed by atoms with Crippen molar-refractivity contribution in [3.8, 4) is 0 Å². The minimum atomic E-state index is -0.595. The molecule has 3 rings (SSSR count). The lowest BCUT2D eigenvalue weighted by molar-refractivity contribution is 0.0451. The second-order valence-corrected chi connectivity index (χ2v) is 6.28. The molecule has 2 heterocycles. The summed E-state index contributed by atoms with van der Waals surface area (Å²) in [6.07, 6.45) is 1.57. The fraction of sp³-hybridized carbons (Fsp3) is 0.211. The maximum atomic E-state index is 12.3. The van der Waals surface area contributed by atoms with Gasteiger partial charge in [-0.15, -0.1) is 0 Å². The van der Waals surface area contributed by atoms with Crippen molar-refractivity contribution >= 4 is 29.3 Å². The molecular formula is C19H20N6O3.